The van der Waals surface area contributed by atoms with Gasteiger partial charge in [-0.1, -0.05) is 0 Å². The van der Waals surface area contributed by atoms with Crippen LogP contribution in [0.4, 0.5) is 5.69 Å². The molecule has 0 aliphatic carbocycles. The highest BCUT2D eigenvalue weighted by molar-refractivity contribution is 9.10. The highest BCUT2D eigenvalue weighted by atomic mass is 79.9. The van der Waals surface area contributed by atoms with Crippen molar-refractivity contribution in [2.45, 2.75) is 25.4 Å². The van der Waals surface area contributed by atoms with E-state index < -0.39 is 0 Å². The van der Waals surface area contributed by atoms with Crippen LogP contribution in [0.3, 0.4) is 0 Å². The number of hydrogen-bond donors (Lipinski definition) is 1. The lowest BCUT2D eigenvalue weighted by Gasteiger charge is -2.11. The quantitative estimate of drug-likeness (QED) is 0.916. The SMILES string of the molecule is Cn1ncc(NCCC2CCCO2)c(Br)c1=O. The molecule has 6 heteroatoms. The van der Waals surface area contributed by atoms with Crippen LogP contribution in [0.25, 0.3) is 0 Å². The number of nitrogens with one attached hydrogen (secondary N) is 1. The molecule has 1 aliphatic rings. The topological polar surface area (TPSA) is 56.1 Å². The lowest BCUT2D eigenvalue weighted by molar-refractivity contribution is 0.107. The van der Waals surface area contributed by atoms with Gasteiger partial charge in [-0.05, 0) is 35.2 Å². The van der Waals surface area contributed by atoms with Gasteiger partial charge in [-0.3, -0.25) is 4.79 Å². The van der Waals surface area contributed by atoms with Crippen molar-refractivity contribution in [2.24, 2.45) is 7.05 Å². The Labute approximate surface area is 108 Å². The summed E-state index contributed by atoms with van der Waals surface area (Å²) in [7, 11) is 1.63. The summed E-state index contributed by atoms with van der Waals surface area (Å²) in [5, 5.41) is 7.18. The number of aryl methyl sites for hydroxylation is 1. The van der Waals surface area contributed by atoms with Crippen LogP contribution in [0.2, 0.25) is 0 Å². The van der Waals surface area contributed by atoms with E-state index in [4.69, 9.17) is 4.74 Å². The highest BCUT2D eigenvalue weighted by Crippen LogP contribution is 2.18. The molecule has 1 saturated heterocycles. The molecule has 2 rings (SSSR count). The Morgan fingerprint density at radius 3 is 3.24 bits per heavy atom. The largest absolute Gasteiger partial charge is 0.383 e. The van der Waals surface area contributed by atoms with E-state index in [2.05, 4.69) is 26.3 Å². The number of nitrogens with zero attached hydrogens (tertiary/aromatic N) is 2. The second kappa shape index (κ2) is 5.64. The lowest BCUT2D eigenvalue weighted by atomic mass is 10.2. The molecular weight excluding hydrogens is 286 g/mol. The van der Waals surface area contributed by atoms with Gasteiger partial charge in [0.25, 0.3) is 5.56 Å². The second-order valence-electron chi connectivity index (χ2n) is 4.15. The summed E-state index contributed by atoms with van der Waals surface area (Å²) in [4.78, 5) is 11.6. The lowest BCUT2D eigenvalue weighted by Crippen LogP contribution is -2.22. The molecular formula is C11H16BrN3O2. The first-order valence-electron chi connectivity index (χ1n) is 5.76. The first kappa shape index (κ1) is 12.6. The average Bonchev–Trinajstić information content (AvgIpc) is 2.82. The Morgan fingerprint density at radius 2 is 2.53 bits per heavy atom. The fourth-order valence-electron chi connectivity index (χ4n) is 1.87. The molecule has 1 aromatic rings. The molecule has 1 unspecified atom stereocenters. The minimum Gasteiger partial charge on any atom is -0.383 e. The van der Waals surface area contributed by atoms with E-state index in [1.165, 1.54) is 4.68 Å². The average molecular weight is 302 g/mol. The molecule has 0 aromatic carbocycles. The summed E-state index contributed by atoms with van der Waals surface area (Å²) in [6, 6.07) is 0. The van der Waals surface area contributed by atoms with Crippen molar-refractivity contribution < 1.29 is 4.74 Å². The molecule has 0 saturated carbocycles. The van der Waals surface area contributed by atoms with Crippen molar-refractivity contribution in [3.8, 4) is 0 Å². The third-order valence-electron chi connectivity index (χ3n) is 2.88. The third-order valence-corrected chi connectivity index (χ3v) is 3.65. The standard InChI is InChI=1S/C11H16BrN3O2/c1-15-11(16)10(12)9(7-14-15)13-5-4-8-3-2-6-17-8/h7-8,13H,2-6H2,1H3. The van der Waals surface area contributed by atoms with Crippen molar-refractivity contribution in [3.63, 3.8) is 0 Å². The molecule has 0 bridgehead atoms. The summed E-state index contributed by atoms with van der Waals surface area (Å²) < 4.78 is 7.36. The van der Waals surface area contributed by atoms with E-state index in [1.807, 2.05) is 0 Å². The van der Waals surface area contributed by atoms with Crippen LogP contribution < -0.4 is 10.9 Å². The molecule has 0 radical (unpaired) electrons. The zero-order valence-electron chi connectivity index (χ0n) is 9.78. The van der Waals surface area contributed by atoms with Crippen LogP contribution in [0.15, 0.2) is 15.5 Å². The van der Waals surface area contributed by atoms with Gasteiger partial charge in [-0.15, -0.1) is 0 Å². The summed E-state index contributed by atoms with van der Waals surface area (Å²) in [5.41, 5.74) is 0.609. The van der Waals surface area contributed by atoms with Gasteiger partial charge in [-0.2, -0.15) is 5.10 Å². The monoisotopic (exact) mass is 301 g/mol. The number of halogens is 1. The summed E-state index contributed by atoms with van der Waals surface area (Å²) in [6.07, 6.45) is 5.27. The first-order chi connectivity index (χ1) is 8.18. The van der Waals surface area contributed by atoms with Crippen LogP contribution in [0, 0.1) is 0 Å². The van der Waals surface area contributed by atoms with Gasteiger partial charge >= 0.3 is 0 Å². The fourth-order valence-corrected chi connectivity index (χ4v) is 2.37. The van der Waals surface area contributed by atoms with Gasteiger partial charge in [0.05, 0.1) is 18.0 Å². The Bertz CT molecular complexity index is 441. The van der Waals surface area contributed by atoms with Crippen LogP contribution >= 0.6 is 15.9 Å². The van der Waals surface area contributed by atoms with Crippen LogP contribution in [-0.4, -0.2) is 29.0 Å². The number of rotatable bonds is 4. The minimum absolute atomic E-state index is 0.132. The molecule has 0 amide bonds. The van der Waals surface area contributed by atoms with Crippen LogP contribution in [0.5, 0.6) is 0 Å². The zero-order chi connectivity index (χ0) is 12.3. The van der Waals surface area contributed by atoms with Crippen LogP contribution in [0.1, 0.15) is 19.3 Å². The Kier molecular flexibility index (Phi) is 4.17. The smallest absolute Gasteiger partial charge is 0.282 e. The molecule has 1 aliphatic heterocycles. The predicted molar refractivity (Wildman–Crippen MR) is 69.3 cm³/mol. The van der Waals surface area contributed by atoms with Gasteiger partial charge in [0.2, 0.25) is 0 Å². The van der Waals surface area contributed by atoms with E-state index >= 15 is 0 Å². The van der Waals surface area contributed by atoms with Gasteiger partial charge in [0, 0.05) is 20.2 Å². The Balaban J connectivity index is 1.90. The van der Waals surface area contributed by atoms with Crippen molar-refractivity contribution in [1.82, 2.24) is 9.78 Å². The van der Waals surface area contributed by atoms with Gasteiger partial charge < -0.3 is 10.1 Å². The molecule has 1 fully saturated rings. The van der Waals surface area contributed by atoms with E-state index in [0.29, 0.717) is 10.6 Å². The van der Waals surface area contributed by atoms with Gasteiger partial charge in [0.15, 0.2) is 0 Å². The summed E-state index contributed by atoms with van der Waals surface area (Å²) in [5.74, 6) is 0. The van der Waals surface area contributed by atoms with E-state index in [0.717, 1.165) is 38.1 Å². The van der Waals surface area contributed by atoms with Crippen molar-refractivity contribution in [2.75, 3.05) is 18.5 Å². The first-order valence-corrected chi connectivity index (χ1v) is 6.55. The van der Waals surface area contributed by atoms with Crippen molar-refractivity contribution in [1.29, 1.82) is 0 Å². The molecule has 0 spiro atoms. The third kappa shape index (κ3) is 3.07. The molecule has 1 N–H and O–H groups in total. The maximum atomic E-state index is 11.6. The number of aromatic nitrogens is 2. The number of hydrogen-bond acceptors (Lipinski definition) is 4. The summed E-state index contributed by atoms with van der Waals surface area (Å²) >= 11 is 3.28. The van der Waals surface area contributed by atoms with Gasteiger partial charge in [0.1, 0.15) is 4.47 Å². The molecule has 1 atom stereocenters. The van der Waals surface area contributed by atoms with Crippen LogP contribution in [-0.2, 0) is 11.8 Å². The Hall–Kier alpha value is -0.880. The van der Waals surface area contributed by atoms with E-state index in [-0.39, 0.29) is 5.56 Å². The highest BCUT2D eigenvalue weighted by Gasteiger charge is 2.15. The van der Waals surface area contributed by atoms with Crippen molar-refractivity contribution in [3.05, 3.63) is 21.0 Å². The molecule has 17 heavy (non-hydrogen) atoms. The maximum Gasteiger partial charge on any atom is 0.282 e. The second-order valence-corrected chi connectivity index (χ2v) is 4.94. The molecule has 2 heterocycles. The fraction of sp³-hybridized carbons (Fsp3) is 0.636. The van der Waals surface area contributed by atoms with E-state index in [1.54, 1.807) is 13.2 Å². The number of ether oxygens (including phenoxy) is 1. The van der Waals surface area contributed by atoms with Crippen molar-refractivity contribution >= 4 is 21.6 Å². The normalized spacial score (nSPS) is 19.5. The minimum atomic E-state index is -0.132. The number of anilines is 1. The summed E-state index contributed by atoms with van der Waals surface area (Å²) in [6.45, 7) is 1.67. The zero-order valence-corrected chi connectivity index (χ0v) is 11.4. The predicted octanol–water partition coefficient (Wildman–Crippen LogP) is 1.52. The van der Waals surface area contributed by atoms with E-state index in [9.17, 15) is 4.79 Å². The Morgan fingerprint density at radius 1 is 1.71 bits per heavy atom. The van der Waals surface area contributed by atoms with Gasteiger partial charge in [-0.25, -0.2) is 4.68 Å². The molecule has 1 aromatic heterocycles. The molecule has 94 valence electrons. The maximum absolute atomic E-state index is 11.6. The molecule has 5 nitrogen and oxygen atoms in total.